The van der Waals surface area contributed by atoms with Crippen LogP contribution in [0.5, 0.6) is 0 Å². The summed E-state index contributed by atoms with van der Waals surface area (Å²) in [7, 11) is 0. The van der Waals surface area contributed by atoms with Crippen LogP contribution in [0, 0.1) is 0 Å². The van der Waals surface area contributed by atoms with Crippen LogP contribution in [0.3, 0.4) is 0 Å². The van der Waals surface area contributed by atoms with Gasteiger partial charge in [-0.1, -0.05) is 5.21 Å². The summed E-state index contributed by atoms with van der Waals surface area (Å²) in [6.45, 7) is 0.261. The van der Waals surface area contributed by atoms with Crippen molar-refractivity contribution in [2.24, 2.45) is 0 Å². The topological polar surface area (TPSA) is 101 Å². The number of aromatic nitrogens is 6. The fraction of sp³-hybridized carbons (Fsp3) is 0.222. The van der Waals surface area contributed by atoms with Gasteiger partial charge in [-0.05, 0) is 0 Å². The summed E-state index contributed by atoms with van der Waals surface area (Å²) in [5, 5.41) is 17.9. The van der Waals surface area contributed by atoms with Crippen LogP contribution in [-0.2, 0) is 17.8 Å². The Morgan fingerprint density at radius 1 is 1.56 bits per heavy atom. The Bertz CT molecular complexity index is 627. The molecule has 0 unspecified atom stereocenters. The molecule has 0 aliphatic carbocycles. The van der Waals surface area contributed by atoms with E-state index in [2.05, 4.69) is 30.9 Å². The number of amides is 1. The smallest absolute Gasteiger partial charge is 0.226 e. The van der Waals surface area contributed by atoms with Crippen molar-refractivity contribution in [1.82, 2.24) is 35.3 Å². The highest BCUT2D eigenvalue weighted by Crippen LogP contribution is 2.11. The number of tetrazole rings is 1. The van der Waals surface area contributed by atoms with Crippen molar-refractivity contribution in [3.8, 4) is 0 Å². The van der Waals surface area contributed by atoms with Gasteiger partial charge in [-0.3, -0.25) is 9.20 Å². The van der Waals surface area contributed by atoms with Crippen LogP contribution >= 0.6 is 11.3 Å². The lowest BCUT2D eigenvalue weighted by atomic mass is 10.3. The molecular formula is C9H9N7OS. The molecule has 0 fully saturated rings. The lowest BCUT2D eigenvalue weighted by molar-refractivity contribution is -0.120. The number of rotatable bonds is 4. The maximum atomic E-state index is 11.7. The predicted octanol–water partition coefficient (Wildman–Crippen LogP) is -0.232. The molecule has 3 rings (SSSR count). The van der Waals surface area contributed by atoms with Crippen LogP contribution in [0.25, 0.3) is 4.96 Å². The standard InChI is InChI=1S/C9H9N7OS/c17-8(10-4-7-12-14-15-13-7)3-6-5-16-1-2-18-9(16)11-6/h1-2,5H,3-4H2,(H,10,17)(H,12,13,14,15). The third-order valence-corrected chi connectivity index (χ3v) is 3.09. The van der Waals surface area contributed by atoms with Gasteiger partial charge in [0.25, 0.3) is 0 Å². The molecule has 3 aromatic heterocycles. The first-order chi connectivity index (χ1) is 8.81. The minimum atomic E-state index is -0.120. The lowest BCUT2D eigenvalue weighted by Crippen LogP contribution is -2.25. The Labute approximate surface area is 105 Å². The summed E-state index contributed by atoms with van der Waals surface area (Å²) in [6.07, 6.45) is 4.00. The normalized spacial score (nSPS) is 10.9. The van der Waals surface area contributed by atoms with Crippen LogP contribution in [0.1, 0.15) is 11.5 Å². The third-order valence-electron chi connectivity index (χ3n) is 2.32. The number of nitrogens with one attached hydrogen (secondary N) is 2. The average Bonchev–Trinajstić information content (AvgIpc) is 3.01. The van der Waals surface area contributed by atoms with Crippen molar-refractivity contribution in [1.29, 1.82) is 0 Å². The van der Waals surface area contributed by atoms with Crippen molar-refractivity contribution in [3.63, 3.8) is 0 Å². The molecule has 0 radical (unpaired) electrons. The second-order valence-corrected chi connectivity index (χ2v) is 4.48. The minimum absolute atomic E-state index is 0.120. The van der Waals surface area contributed by atoms with Gasteiger partial charge < -0.3 is 5.32 Å². The van der Waals surface area contributed by atoms with Crippen LogP contribution < -0.4 is 5.32 Å². The van der Waals surface area contributed by atoms with E-state index in [-0.39, 0.29) is 18.9 Å². The minimum Gasteiger partial charge on any atom is -0.348 e. The maximum absolute atomic E-state index is 11.7. The number of carbonyl (C=O) groups excluding carboxylic acids is 1. The first-order valence-corrected chi connectivity index (χ1v) is 6.09. The Hall–Kier alpha value is -2.29. The van der Waals surface area contributed by atoms with Crippen molar-refractivity contribution >= 4 is 22.2 Å². The number of imidazole rings is 1. The molecule has 1 amide bonds. The highest BCUT2D eigenvalue weighted by molar-refractivity contribution is 7.15. The van der Waals surface area contributed by atoms with Gasteiger partial charge in [0.05, 0.1) is 18.7 Å². The van der Waals surface area contributed by atoms with Gasteiger partial charge in [0, 0.05) is 17.8 Å². The number of carbonyl (C=O) groups is 1. The van der Waals surface area contributed by atoms with E-state index >= 15 is 0 Å². The van der Waals surface area contributed by atoms with E-state index < -0.39 is 0 Å². The molecule has 92 valence electrons. The molecule has 0 bridgehead atoms. The van der Waals surface area contributed by atoms with Crippen LogP contribution in [0.15, 0.2) is 17.8 Å². The van der Waals surface area contributed by atoms with Crippen molar-refractivity contribution in [2.75, 3.05) is 0 Å². The highest BCUT2D eigenvalue weighted by atomic mass is 32.1. The molecule has 3 heterocycles. The fourth-order valence-corrected chi connectivity index (χ4v) is 2.24. The zero-order chi connectivity index (χ0) is 12.4. The zero-order valence-electron chi connectivity index (χ0n) is 9.20. The number of fused-ring (bicyclic) bond motifs is 1. The molecule has 0 aromatic carbocycles. The lowest BCUT2D eigenvalue weighted by Gasteiger charge is -1.99. The summed E-state index contributed by atoms with van der Waals surface area (Å²) in [5.74, 6) is 0.333. The van der Waals surface area contributed by atoms with Crippen molar-refractivity contribution < 1.29 is 4.79 Å². The van der Waals surface area contributed by atoms with Gasteiger partial charge >= 0.3 is 0 Å². The summed E-state index contributed by atoms with van der Waals surface area (Å²) < 4.78 is 1.90. The maximum Gasteiger partial charge on any atom is 0.226 e. The zero-order valence-corrected chi connectivity index (χ0v) is 10.0. The molecule has 0 spiro atoms. The van der Waals surface area contributed by atoms with Crippen molar-refractivity contribution in [3.05, 3.63) is 29.3 Å². The Morgan fingerprint density at radius 2 is 2.50 bits per heavy atom. The highest BCUT2D eigenvalue weighted by Gasteiger charge is 2.08. The summed E-state index contributed by atoms with van der Waals surface area (Å²) >= 11 is 1.53. The van der Waals surface area contributed by atoms with E-state index in [1.165, 1.54) is 11.3 Å². The first-order valence-electron chi connectivity index (χ1n) is 5.21. The molecule has 9 heteroatoms. The van der Waals surface area contributed by atoms with E-state index in [4.69, 9.17) is 0 Å². The van der Waals surface area contributed by atoms with E-state index in [9.17, 15) is 4.79 Å². The first kappa shape index (κ1) is 10.8. The molecule has 0 aliphatic heterocycles. The van der Waals surface area contributed by atoms with Gasteiger partial charge in [-0.25, -0.2) is 4.98 Å². The van der Waals surface area contributed by atoms with Gasteiger partial charge in [-0.15, -0.1) is 21.5 Å². The quantitative estimate of drug-likeness (QED) is 0.677. The Morgan fingerprint density at radius 3 is 3.28 bits per heavy atom. The number of nitrogens with zero attached hydrogens (tertiary/aromatic N) is 5. The molecule has 0 atom stereocenters. The number of H-pyrrole nitrogens is 1. The molecule has 3 aromatic rings. The van der Waals surface area contributed by atoms with Crippen LogP contribution in [-0.4, -0.2) is 35.9 Å². The SMILES string of the molecule is O=C(Cc1cn2ccsc2n1)NCc1nn[nH]n1. The van der Waals surface area contributed by atoms with E-state index in [1.54, 1.807) is 0 Å². The van der Waals surface area contributed by atoms with Gasteiger partial charge in [0.2, 0.25) is 5.91 Å². The number of hydrogen-bond acceptors (Lipinski definition) is 6. The summed E-state index contributed by atoms with van der Waals surface area (Å²) in [5.41, 5.74) is 0.743. The van der Waals surface area contributed by atoms with E-state index in [0.717, 1.165) is 10.7 Å². The number of hydrogen-bond donors (Lipinski definition) is 2. The second-order valence-electron chi connectivity index (χ2n) is 3.61. The van der Waals surface area contributed by atoms with E-state index in [0.29, 0.717) is 5.82 Å². The predicted molar refractivity (Wildman–Crippen MR) is 62.8 cm³/mol. The third kappa shape index (κ3) is 2.20. The molecule has 18 heavy (non-hydrogen) atoms. The molecule has 0 saturated carbocycles. The largest absolute Gasteiger partial charge is 0.348 e. The van der Waals surface area contributed by atoms with Gasteiger partial charge in [0.1, 0.15) is 0 Å². The molecule has 0 aliphatic rings. The van der Waals surface area contributed by atoms with Gasteiger partial charge in [0.15, 0.2) is 10.8 Å². The number of aromatic amines is 1. The Balaban J connectivity index is 1.59. The molecule has 8 nitrogen and oxygen atoms in total. The van der Waals surface area contributed by atoms with E-state index in [1.807, 2.05) is 22.2 Å². The summed E-state index contributed by atoms with van der Waals surface area (Å²) in [6, 6.07) is 0. The van der Waals surface area contributed by atoms with Gasteiger partial charge in [-0.2, -0.15) is 5.21 Å². The average molecular weight is 263 g/mol. The van der Waals surface area contributed by atoms with Crippen molar-refractivity contribution in [2.45, 2.75) is 13.0 Å². The van der Waals surface area contributed by atoms with Crippen LogP contribution in [0.2, 0.25) is 0 Å². The monoisotopic (exact) mass is 263 g/mol. The fourth-order valence-electron chi connectivity index (χ4n) is 1.52. The second kappa shape index (κ2) is 4.53. The Kier molecular flexibility index (Phi) is 2.73. The van der Waals surface area contributed by atoms with Crippen LogP contribution in [0.4, 0.5) is 0 Å². The number of thiazole rings is 1. The molecule has 2 N–H and O–H groups in total. The molecular weight excluding hydrogens is 254 g/mol. The molecule has 0 saturated heterocycles. The summed E-state index contributed by atoms with van der Waals surface area (Å²) in [4.78, 5) is 16.9.